The minimum Gasteiger partial charge on any atom is -0.300 e. The minimum absolute atomic E-state index is 0.693. The van der Waals surface area contributed by atoms with Crippen molar-refractivity contribution >= 4 is 0 Å². The van der Waals surface area contributed by atoms with Crippen LogP contribution in [-0.4, -0.2) is 42.1 Å². The monoisotopic (exact) mass is 171 g/mol. The highest BCUT2D eigenvalue weighted by Crippen LogP contribution is 2.12. The van der Waals surface area contributed by atoms with Gasteiger partial charge >= 0.3 is 0 Å². The number of hydrogen-bond donors (Lipinski definition) is 1. The number of nitrogens with two attached hydrogens (primary N) is 1. The predicted molar refractivity (Wildman–Crippen MR) is 51.7 cm³/mol. The molecule has 3 heteroatoms. The van der Waals surface area contributed by atoms with E-state index < -0.39 is 0 Å². The van der Waals surface area contributed by atoms with E-state index in [2.05, 4.69) is 18.7 Å². The van der Waals surface area contributed by atoms with Gasteiger partial charge in [-0.05, 0) is 25.9 Å². The first-order valence-corrected chi connectivity index (χ1v) is 5.01. The number of nitrogens with zero attached hydrogens (tertiary/aromatic N) is 2. The van der Waals surface area contributed by atoms with Gasteiger partial charge in [-0.1, -0.05) is 13.8 Å². The summed E-state index contributed by atoms with van der Waals surface area (Å²) in [7, 11) is 0. The number of likely N-dealkylation sites (N-methyl/N-ethyl adjacent to an activating group) is 1. The fourth-order valence-corrected chi connectivity index (χ4v) is 2.02. The van der Waals surface area contributed by atoms with Gasteiger partial charge in [0.15, 0.2) is 0 Å². The van der Waals surface area contributed by atoms with Crippen LogP contribution in [0.2, 0.25) is 0 Å². The van der Waals surface area contributed by atoms with Crippen molar-refractivity contribution in [3.63, 3.8) is 0 Å². The lowest BCUT2D eigenvalue weighted by atomic mass is 10.1. The maximum Gasteiger partial charge on any atom is 0.0284 e. The number of hydrazine groups is 1. The van der Waals surface area contributed by atoms with Gasteiger partial charge in [-0.15, -0.1) is 0 Å². The highest BCUT2D eigenvalue weighted by atomic mass is 15.4. The normalized spacial score (nSPS) is 26.5. The molecule has 0 aliphatic carbocycles. The third kappa shape index (κ3) is 2.44. The largest absolute Gasteiger partial charge is 0.300 e. The Morgan fingerprint density at radius 2 is 2.08 bits per heavy atom. The molecule has 0 radical (unpaired) electrons. The van der Waals surface area contributed by atoms with Gasteiger partial charge in [-0.2, -0.15) is 0 Å². The zero-order valence-corrected chi connectivity index (χ0v) is 8.29. The Morgan fingerprint density at radius 1 is 1.42 bits per heavy atom. The molecule has 1 aliphatic heterocycles. The van der Waals surface area contributed by atoms with Crippen LogP contribution >= 0.6 is 0 Å². The van der Waals surface area contributed by atoms with Crippen LogP contribution in [0.1, 0.15) is 26.7 Å². The molecule has 0 aromatic rings. The molecule has 1 heterocycles. The average molecular weight is 171 g/mol. The standard InChI is InChI=1S/C9H21N3/c1-3-11(4-2)9-6-5-7-12(10)8-9/h9H,3-8,10H2,1-2H3/t9-/m0/s1. The number of hydrogen-bond acceptors (Lipinski definition) is 3. The fourth-order valence-electron chi connectivity index (χ4n) is 2.02. The van der Waals surface area contributed by atoms with Crippen molar-refractivity contribution in [2.45, 2.75) is 32.7 Å². The maximum atomic E-state index is 5.78. The zero-order valence-electron chi connectivity index (χ0n) is 8.29. The molecule has 12 heavy (non-hydrogen) atoms. The molecule has 3 nitrogen and oxygen atoms in total. The Bertz CT molecular complexity index is 123. The first-order valence-electron chi connectivity index (χ1n) is 5.01. The SMILES string of the molecule is CCN(CC)[C@H]1CCCN(N)C1. The van der Waals surface area contributed by atoms with Crippen molar-refractivity contribution in [1.29, 1.82) is 0 Å². The highest BCUT2D eigenvalue weighted by Gasteiger charge is 2.21. The second kappa shape index (κ2) is 4.80. The summed E-state index contributed by atoms with van der Waals surface area (Å²) in [6, 6.07) is 0.693. The zero-order chi connectivity index (χ0) is 8.97. The van der Waals surface area contributed by atoms with Gasteiger partial charge < -0.3 is 0 Å². The lowest BCUT2D eigenvalue weighted by Crippen LogP contribution is -2.50. The molecule has 1 fully saturated rings. The van der Waals surface area contributed by atoms with E-state index in [0.29, 0.717) is 6.04 Å². The van der Waals surface area contributed by atoms with E-state index in [-0.39, 0.29) is 0 Å². The number of piperidine rings is 1. The van der Waals surface area contributed by atoms with E-state index in [9.17, 15) is 0 Å². The fraction of sp³-hybridized carbons (Fsp3) is 1.00. The summed E-state index contributed by atoms with van der Waals surface area (Å²) in [6.45, 7) is 8.85. The van der Waals surface area contributed by atoms with E-state index in [1.807, 2.05) is 5.01 Å². The lowest BCUT2D eigenvalue weighted by Gasteiger charge is -2.36. The maximum absolute atomic E-state index is 5.78. The first kappa shape index (κ1) is 9.96. The van der Waals surface area contributed by atoms with Crippen LogP contribution in [0, 0.1) is 0 Å². The van der Waals surface area contributed by atoms with Crippen molar-refractivity contribution in [3.05, 3.63) is 0 Å². The second-order valence-electron chi connectivity index (χ2n) is 3.51. The quantitative estimate of drug-likeness (QED) is 0.633. The van der Waals surface area contributed by atoms with Crippen LogP contribution in [0.3, 0.4) is 0 Å². The van der Waals surface area contributed by atoms with Gasteiger partial charge in [-0.25, -0.2) is 5.01 Å². The summed E-state index contributed by atoms with van der Waals surface area (Å²) in [6.07, 6.45) is 2.56. The van der Waals surface area contributed by atoms with Crippen LogP contribution < -0.4 is 5.84 Å². The summed E-state index contributed by atoms with van der Waals surface area (Å²) in [5.41, 5.74) is 0. The number of rotatable bonds is 3. The molecule has 0 spiro atoms. The van der Waals surface area contributed by atoms with Gasteiger partial charge in [0.1, 0.15) is 0 Å². The molecule has 1 rings (SSSR count). The summed E-state index contributed by atoms with van der Waals surface area (Å²) in [4.78, 5) is 2.50. The Kier molecular flexibility index (Phi) is 3.98. The van der Waals surface area contributed by atoms with Crippen molar-refractivity contribution < 1.29 is 0 Å². The first-order chi connectivity index (χ1) is 5.77. The van der Waals surface area contributed by atoms with Crippen LogP contribution in [0.4, 0.5) is 0 Å². The molecular weight excluding hydrogens is 150 g/mol. The molecule has 1 saturated heterocycles. The summed E-state index contributed by atoms with van der Waals surface area (Å²) >= 11 is 0. The summed E-state index contributed by atoms with van der Waals surface area (Å²) in [5, 5.41) is 1.95. The van der Waals surface area contributed by atoms with Gasteiger partial charge in [-0.3, -0.25) is 10.7 Å². The van der Waals surface area contributed by atoms with Crippen LogP contribution in [0.25, 0.3) is 0 Å². The molecule has 2 N–H and O–H groups in total. The third-order valence-electron chi connectivity index (χ3n) is 2.76. The van der Waals surface area contributed by atoms with E-state index >= 15 is 0 Å². The topological polar surface area (TPSA) is 32.5 Å². The van der Waals surface area contributed by atoms with Crippen LogP contribution in [0.15, 0.2) is 0 Å². The van der Waals surface area contributed by atoms with E-state index in [0.717, 1.165) is 26.2 Å². The molecule has 0 saturated carbocycles. The minimum atomic E-state index is 0.693. The molecule has 0 bridgehead atoms. The van der Waals surface area contributed by atoms with Crippen molar-refractivity contribution in [2.75, 3.05) is 26.2 Å². The Balaban J connectivity index is 2.38. The average Bonchev–Trinajstić information content (AvgIpc) is 2.07. The molecule has 0 unspecified atom stereocenters. The van der Waals surface area contributed by atoms with Gasteiger partial charge in [0.2, 0.25) is 0 Å². The molecule has 0 aromatic carbocycles. The van der Waals surface area contributed by atoms with E-state index in [1.165, 1.54) is 12.8 Å². The van der Waals surface area contributed by atoms with Crippen LogP contribution in [-0.2, 0) is 0 Å². The molecule has 72 valence electrons. The van der Waals surface area contributed by atoms with Gasteiger partial charge in [0.25, 0.3) is 0 Å². The van der Waals surface area contributed by atoms with Crippen molar-refractivity contribution in [2.24, 2.45) is 5.84 Å². The highest BCUT2D eigenvalue weighted by molar-refractivity contribution is 4.77. The third-order valence-corrected chi connectivity index (χ3v) is 2.76. The van der Waals surface area contributed by atoms with Crippen molar-refractivity contribution in [1.82, 2.24) is 9.91 Å². The smallest absolute Gasteiger partial charge is 0.0284 e. The molecular formula is C9H21N3. The van der Waals surface area contributed by atoms with Crippen molar-refractivity contribution in [3.8, 4) is 0 Å². The van der Waals surface area contributed by atoms with Gasteiger partial charge in [0.05, 0.1) is 0 Å². The summed E-state index contributed by atoms with van der Waals surface area (Å²) in [5.74, 6) is 5.78. The Morgan fingerprint density at radius 3 is 2.58 bits per heavy atom. The Hall–Kier alpha value is -0.120. The molecule has 0 aromatic heterocycles. The second-order valence-corrected chi connectivity index (χ2v) is 3.51. The van der Waals surface area contributed by atoms with Gasteiger partial charge in [0, 0.05) is 19.1 Å². The molecule has 0 amide bonds. The molecule has 1 atom stereocenters. The predicted octanol–water partition coefficient (Wildman–Crippen LogP) is 0.666. The van der Waals surface area contributed by atoms with Crippen LogP contribution in [0.5, 0.6) is 0 Å². The van der Waals surface area contributed by atoms with E-state index in [4.69, 9.17) is 5.84 Å². The Labute approximate surface area is 75.5 Å². The van der Waals surface area contributed by atoms with E-state index in [1.54, 1.807) is 0 Å². The molecule has 1 aliphatic rings. The summed E-state index contributed by atoms with van der Waals surface area (Å²) < 4.78 is 0. The lowest BCUT2D eigenvalue weighted by molar-refractivity contribution is 0.106.